The molecule has 0 aliphatic heterocycles. The third kappa shape index (κ3) is 7.62. The standard InChI is InChI=1S/C32H43N3O3/c1-3-13-25-19-20-29(30(24-25)37-2)38-23-12-22-35-28-17-10-9-16-27(28)34-31(35)18-8-5-11-21-33-32(36)26-14-6-4-7-15-26/h3,9-10,13,16-17,19-20,24,26H,4-8,11-12,14-15,18,21-23H2,1-2H3,(H,33,36)/b13-3+. The summed E-state index contributed by atoms with van der Waals surface area (Å²) in [6, 6.07) is 14.4. The van der Waals surface area contributed by atoms with Crippen LogP contribution in [-0.2, 0) is 17.8 Å². The number of unbranched alkanes of at least 4 members (excludes halogenated alkanes) is 2. The third-order valence-electron chi connectivity index (χ3n) is 7.42. The predicted molar refractivity (Wildman–Crippen MR) is 155 cm³/mol. The Labute approximate surface area is 227 Å². The summed E-state index contributed by atoms with van der Waals surface area (Å²) >= 11 is 0. The maximum absolute atomic E-state index is 12.3. The van der Waals surface area contributed by atoms with Gasteiger partial charge in [-0.1, -0.05) is 56.0 Å². The Hall–Kier alpha value is -3.28. The van der Waals surface area contributed by atoms with Gasteiger partial charge in [0.2, 0.25) is 5.91 Å². The lowest BCUT2D eigenvalue weighted by molar-refractivity contribution is -0.125. The fourth-order valence-corrected chi connectivity index (χ4v) is 5.38. The minimum atomic E-state index is 0.242. The zero-order valence-corrected chi connectivity index (χ0v) is 23.1. The van der Waals surface area contributed by atoms with Crippen LogP contribution in [0, 0.1) is 5.92 Å². The SMILES string of the molecule is C/C=C/c1ccc(OCCCn2c(CCCCCNC(=O)C3CCCCC3)nc3ccccc32)c(OC)c1. The van der Waals surface area contributed by atoms with Crippen LogP contribution in [0.5, 0.6) is 11.5 Å². The van der Waals surface area contributed by atoms with Crippen LogP contribution >= 0.6 is 0 Å². The van der Waals surface area contributed by atoms with Crippen LogP contribution in [0.2, 0.25) is 0 Å². The van der Waals surface area contributed by atoms with Crippen molar-refractivity contribution in [2.24, 2.45) is 5.92 Å². The zero-order valence-electron chi connectivity index (χ0n) is 23.1. The molecule has 1 heterocycles. The molecule has 1 aliphatic carbocycles. The highest BCUT2D eigenvalue weighted by Crippen LogP contribution is 2.29. The number of fused-ring (bicyclic) bond motifs is 1. The Morgan fingerprint density at radius 3 is 2.71 bits per heavy atom. The number of nitrogens with zero attached hydrogens (tertiary/aromatic N) is 2. The van der Waals surface area contributed by atoms with Crippen molar-refractivity contribution >= 4 is 23.0 Å². The Kier molecular flexibility index (Phi) is 10.7. The number of nitrogens with one attached hydrogen (secondary N) is 1. The van der Waals surface area contributed by atoms with E-state index in [4.69, 9.17) is 14.5 Å². The van der Waals surface area contributed by atoms with Crippen molar-refractivity contribution in [2.75, 3.05) is 20.3 Å². The first-order valence-corrected chi connectivity index (χ1v) is 14.3. The first-order chi connectivity index (χ1) is 18.7. The lowest BCUT2D eigenvalue weighted by Gasteiger charge is -2.20. The fraction of sp³-hybridized carbons (Fsp3) is 0.500. The number of ether oxygens (including phenoxy) is 2. The summed E-state index contributed by atoms with van der Waals surface area (Å²) in [7, 11) is 1.68. The lowest BCUT2D eigenvalue weighted by Crippen LogP contribution is -2.32. The van der Waals surface area contributed by atoms with Gasteiger partial charge in [0.25, 0.3) is 0 Å². The zero-order chi connectivity index (χ0) is 26.6. The molecule has 1 fully saturated rings. The number of carbonyl (C=O) groups excluding carboxylic acids is 1. The van der Waals surface area contributed by atoms with E-state index in [9.17, 15) is 4.79 Å². The summed E-state index contributed by atoms with van der Waals surface area (Å²) in [6.07, 6.45) is 14.8. The number of imidazole rings is 1. The molecule has 1 N–H and O–H groups in total. The second-order valence-electron chi connectivity index (χ2n) is 10.2. The van der Waals surface area contributed by atoms with Gasteiger partial charge < -0.3 is 19.4 Å². The van der Waals surface area contributed by atoms with Gasteiger partial charge in [0.1, 0.15) is 5.82 Å². The van der Waals surface area contributed by atoms with Gasteiger partial charge in [-0.3, -0.25) is 4.79 Å². The van der Waals surface area contributed by atoms with Crippen molar-refractivity contribution in [1.82, 2.24) is 14.9 Å². The number of aryl methyl sites for hydroxylation is 2. The van der Waals surface area contributed by atoms with E-state index in [0.717, 1.165) is 86.4 Å². The first-order valence-electron chi connectivity index (χ1n) is 14.3. The molecular formula is C32H43N3O3. The molecule has 1 saturated carbocycles. The van der Waals surface area contributed by atoms with Crippen LogP contribution in [0.15, 0.2) is 48.5 Å². The van der Waals surface area contributed by atoms with E-state index < -0.39 is 0 Å². The van der Waals surface area contributed by atoms with Gasteiger partial charge in [0.05, 0.1) is 24.8 Å². The van der Waals surface area contributed by atoms with Crippen LogP contribution in [0.4, 0.5) is 0 Å². The highest BCUT2D eigenvalue weighted by atomic mass is 16.5. The summed E-state index contributed by atoms with van der Waals surface area (Å²) in [6.45, 7) is 4.24. The number of allylic oxidation sites excluding steroid dienone is 1. The average Bonchev–Trinajstić information content (AvgIpc) is 3.31. The van der Waals surface area contributed by atoms with Crippen LogP contribution in [0.1, 0.15) is 76.1 Å². The van der Waals surface area contributed by atoms with E-state index in [1.165, 1.54) is 24.8 Å². The molecule has 2 aromatic carbocycles. The monoisotopic (exact) mass is 517 g/mol. The number of para-hydroxylation sites is 2. The second kappa shape index (κ2) is 14.6. The van der Waals surface area contributed by atoms with Crippen molar-refractivity contribution in [3.8, 4) is 11.5 Å². The molecular weight excluding hydrogens is 474 g/mol. The van der Waals surface area contributed by atoms with Crippen molar-refractivity contribution in [3.05, 3.63) is 59.9 Å². The van der Waals surface area contributed by atoms with E-state index in [1.54, 1.807) is 7.11 Å². The number of hydrogen-bond donors (Lipinski definition) is 1. The van der Waals surface area contributed by atoms with Gasteiger partial charge in [-0.05, 0) is 68.9 Å². The summed E-state index contributed by atoms with van der Waals surface area (Å²) in [5, 5.41) is 3.16. The molecule has 6 heteroatoms. The van der Waals surface area contributed by atoms with E-state index >= 15 is 0 Å². The molecule has 0 bridgehead atoms. The molecule has 0 unspecified atom stereocenters. The molecule has 1 amide bonds. The topological polar surface area (TPSA) is 65.4 Å². The highest BCUT2D eigenvalue weighted by molar-refractivity contribution is 5.78. The van der Waals surface area contributed by atoms with Crippen molar-refractivity contribution in [3.63, 3.8) is 0 Å². The number of hydrogen-bond acceptors (Lipinski definition) is 4. The van der Waals surface area contributed by atoms with E-state index in [1.807, 2.05) is 43.3 Å². The van der Waals surface area contributed by atoms with E-state index in [2.05, 4.69) is 28.1 Å². The van der Waals surface area contributed by atoms with Crippen LogP contribution in [-0.4, -0.2) is 35.7 Å². The molecule has 0 atom stereocenters. The van der Waals surface area contributed by atoms with Gasteiger partial charge in [-0.25, -0.2) is 4.98 Å². The number of aromatic nitrogens is 2. The molecule has 0 radical (unpaired) electrons. The Balaban J connectivity index is 1.25. The van der Waals surface area contributed by atoms with Crippen molar-refractivity contribution < 1.29 is 14.3 Å². The molecule has 3 aromatic rings. The normalized spacial score (nSPS) is 14.3. The fourth-order valence-electron chi connectivity index (χ4n) is 5.38. The van der Waals surface area contributed by atoms with E-state index in [-0.39, 0.29) is 11.8 Å². The molecule has 1 aliphatic rings. The molecule has 0 saturated heterocycles. The smallest absolute Gasteiger partial charge is 0.223 e. The molecule has 6 nitrogen and oxygen atoms in total. The largest absolute Gasteiger partial charge is 0.493 e. The maximum atomic E-state index is 12.3. The third-order valence-corrected chi connectivity index (χ3v) is 7.42. The molecule has 38 heavy (non-hydrogen) atoms. The van der Waals surface area contributed by atoms with Crippen LogP contribution in [0.3, 0.4) is 0 Å². The van der Waals surface area contributed by atoms with Crippen LogP contribution < -0.4 is 14.8 Å². The van der Waals surface area contributed by atoms with Gasteiger partial charge in [0.15, 0.2) is 11.5 Å². The molecule has 0 spiro atoms. The summed E-state index contributed by atoms with van der Waals surface area (Å²) in [4.78, 5) is 17.3. The van der Waals surface area contributed by atoms with Crippen LogP contribution in [0.25, 0.3) is 17.1 Å². The van der Waals surface area contributed by atoms with Gasteiger partial charge >= 0.3 is 0 Å². The first kappa shape index (κ1) is 27.7. The van der Waals surface area contributed by atoms with Gasteiger partial charge in [-0.2, -0.15) is 0 Å². The predicted octanol–water partition coefficient (Wildman–Crippen LogP) is 6.96. The molecule has 204 valence electrons. The van der Waals surface area contributed by atoms with Gasteiger partial charge in [0, 0.05) is 25.4 Å². The quantitative estimate of drug-likeness (QED) is 0.235. The number of carbonyl (C=O) groups is 1. The summed E-state index contributed by atoms with van der Waals surface area (Å²) in [5.41, 5.74) is 3.32. The summed E-state index contributed by atoms with van der Waals surface area (Å²) < 4.78 is 14.0. The molecule has 4 rings (SSSR count). The second-order valence-corrected chi connectivity index (χ2v) is 10.2. The lowest BCUT2D eigenvalue weighted by atomic mass is 9.89. The van der Waals surface area contributed by atoms with E-state index in [0.29, 0.717) is 6.61 Å². The van der Waals surface area contributed by atoms with Gasteiger partial charge in [-0.15, -0.1) is 0 Å². The maximum Gasteiger partial charge on any atom is 0.223 e. The minimum Gasteiger partial charge on any atom is -0.493 e. The van der Waals surface area contributed by atoms with Crippen molar-refractivity contribution in [1.29, 1.82) is 0 Å². The number of benzene rings is 2. The number of methoxy groups -OCH3 is 1. The minimum absolute atomic E-state index is 0.242. The highest BCUT2D eigenvalue weighted by Gasteiger charge is 2.20. The molecule has 1 aromatic heterocycles. The Morgan fingerprint density at radius 1 is 1.05 bits per heavy atom. The number of amides is 1. The van der Waals surface area contributed by atoms with Crippen molar-refractivity contribution in [2.45, 2.75) is 77.7 Å². The summed E-state index contributed by atoms with van der Waals surface area (Å²) in [5.74, 6) is 3.16. The Bertz CT molecular complexity index is 1190. The number of rotatable bonds is 14. The Morgan fingerprint density at radius 2 is 1.89 bits per heavy atom. The average molecular weight is 518 g/mol.